The Hall–Kier alpha value is -3.36. The highest BCUT2D eigenvalue weighted by molar-refractivity contribution is 7.90. The summed E-state index contributed by atoms with van der Waals surface area (Å²) in [4.78, 5) is 11.3. The maximum atomic E-state index is 11.3. The number of rotatable bonds is 12. The number of hydrogen-bond donors (Lipinski definition) is 1. The summed E-state index contributed by atoms with van der Waals surface area (Å²) in [7, 11) is -2.99. The summed E-state index contributed by atoms with van der Waals surface area (Å²) in [6.45, 7) is 5.67. The molecule has 0 aromatic heterocycles. The van der Waals surface area contributed by atoms with Crippen LogP contribution in [-0.4, -0.2) is 51.3 Å². The van der Waals surface area contributed by atoms with E-state index in [2.05, 4.69) is 12.1 Å². The highest BCUT2D eigenvalue weighted by Crippen LogP contribution is 2.37. The van der Waals surface area contributed by atoms with Crippen LogP contribution in [-0.2, 0) is 31.4 Å². The second kappa shape index (κ2) is 11.6. The molecule has 3 aromatic rings. The largest absolute Gasteiger partial charge is 0.494 e. The molecular weight excluding hydrogens is 504 g/mol. The van der Waals surface area contributed by atoms with Crippen molar-refractivity contribution in [3.8, 4) is 22.6 Å². The Kier molecular flexibility index (Phi) is 8.43. The van der Waals surface area contributed by atoms with Crippen LogP contribution >= 0.6 is 0 Å². The van der Waals surface area contributed by atoms with Crippen molar-refractivity contribution in [2.45, 2.75) is 38.7 Å². The van der Waals surface area contributed by atoms with Gasteiger partial charge in [0.2, 0.25) is 0 Å². The molecule has 4 rings (SSSR count). The topological polar surface area (TPSA) is 99.1 Å². The van der Waals surface area contributed by atoms with Crippen LogP contribution in [0, 0.1) is 13.8 Å². The quantitative estimate of drug-likeness (QED) is 0.320. The van der Waals surface area contributed by atoms with Crippen molar-refractivity contribution in [3.05, 3.63) is 82.9 Å². The van der Waals surface area contributed by atoms with Gasteiger partial charge in [0, 0.05) is 6.26 Å². The van der Waals surface area contributed by atoms with E-state index >= 15 is 0 Å². The molecule has 0 atom stereocenters. The zero-order valence-electron chi connectivity index (χ0n) is 22.0. The first kappa shape index (κ1) is 27.7. The first-order valence-electron chi connectivity index (χ1n) is 12.6. The number of aliphatic carboxylic acids is 1. The number of benzene rings is 3. The number of carboxylic acids is 1. The molecule has 7 nitrogen and oxygen atoms in total. The Morgan fingerprint density at radius 2 is 1.66 bits per heavy atom. The van der Waals surface area contributed by atoms with E-state index < -0.39 is 21.2 Å². The summed E-state index contributed by atoms with van der Waals surface area (Å²) < 4.78 is 39.8. The highest BCUT2D eigenvalue weighted by atomic mass is 32.2. The van der Waals surface area contributed by atoms with Gasteiger partial charge in [-0.1, -0.05) is 30.3 Å². The van der Waals surface area contributed by atoms with Crippen molar-refractivity contribution in [2.75, 3.05) is 31.8 Å². The number of carbonyl (C=O) groups is 1. The van der Waals surface area contributed by atoms with Crippen LogP contribution < -0.4 is 9.47 Å². The molecule has 3 aromatic carbocycles. The van der Waals surface area contributed by atoms with Crippen molar-refractivity contribution >= 4 is 15.8 Å². The minimum absolute atomic E-state index is 0.0507. The number of hydrogen-bond acceptors (Lipinski definition) is 6. The number of sulfone groups is 1. The van der Waals surface area contributed by atoms with Crippen LogP contribution in [0.3, 0.4) is 0 Å². The Bertz CT molecular complexity index is 1370. The third-order valence-corrected chi connectivity index (χ3v) is 7.80. The molecule has 202 valence electrons. The van der Waals surface area contributed by atoms with E-state index in [1.54, 1.807) is 0 Å². The fraction of sp³-hybridized carbons (Fsp3) is 0.367. The molecule has 1 aliphatic rings. The number of carboxylic acid groups (broad SMARTS) is 1. The first-order chi connectivity index (χ1) is 18.0. The van der Waals surface area contributed by atoms with E-state index in [4.69, 9.17) is 14.2 Å². The molecule has 8 heteroatoms. The van der Waals surface area contributed by atoms with Crippen molar-refractivity contribution in [3.63, 3.8) is 0 Å². The maximum absolute atomic E-state index is 11.3. The molecule has 0 radical (unpaired) electrons. The van der Waals surface area contributed by atoms with E-state index in [1.807, 2.05) is 62.4 Å². The van der Waals surface area contributed by atoms with Crippen molar-refractivity contribution < 1.29 is 32.5 Å². The van der Waals surface area contributed by atoms with Gasteiger partial charge in [0.05, 0.1) is 37.4 Å². The van der Waals surface area contributed by atoms with Crippen molar-refractivity contribution in [2.24, 2.45) is 0 Å². The van der Waals surface area contributed by atoms with Crippen LogP contribution in [0.2, 0.25) is 0 Å². The van der Waals surface area contributed by atoms with Crippen LogP contribution in [0.15, 0.2) is 60.7 Å². The average Bonchev–Trinajstić information content (AvgIpc) is 2.82. The fourth-order valence-corrected chi connectivity index (χ4v) is 5.51. The first-order valence-corrected chi connectivity index (χ1v) is 14.6. The molecule has 0 amide bonds. The van der Waals surface area contributed by atoms with Gasteiger partial charge >= 0.3 is 5.97 Å². The molecule has 1 fully saturated rings. The molecular formula is C30H34O7S. The molecule has 1 saturated heterocycles. The van der Waals surface area contributed by atoms with Gasteiger partial charge in [-0.15, -0.1) is 0 Å². The average molecular weight is 539 g/mol. The lowest BCUT2D eigenvalue weighted by molar-refractivity contribution is -0.145. The summed E-state index contributed by atoms with van der Waals surface area (Å²) >= 11 is 0. The predicted molar refractivity (Wildman–Crippen MR) is 147 cm³/mol. The van der Waals surface area contributed by atoms with Gasteiger partial charge in [-0.25, -0.2) is 8.42 Å². The van der Waals surface area contributed by atoms with Gasteiger partial charge in [0.1, 0.15) is 27.9 Å². The summed E-state index contributed by atoms with van der Waals surface area (Å²) in [5.74, 6) is 0.738. The summed E-state index contributed by atoms with van der Waals surface area (Å²) in [6.07, 6.45) is 1.74. The zero-order valence-corrected chi connectivity index (χ0v) is 22.8. The lowest BCUT2D eigenvalue weighted by Crippen LogP contribution is -2.48. The van der Waals surface area contributed by atoms with Gasteiger partial charge in [-0.3, -0.25) is 4.79 Å². The van der Waals surface area contributed by atoms with Crippen LogP contribution in [0.4, 0.5) is 0 Å². The van der Waals surface area contributed by atoms with E-state index in [-0.39, 0.29) is 12.2 Å². The number of ether oxygens (including phenoxy) is 3. The van der Waals surface area contributed by atoms with Crippen molar-refractivity contribution in [1.82, 2.24) is 0 Å². The summed E-state index contributed by atoms with van der Waals surface area (Å²) in [5, 5.41) is 9.26. The minimum Gasteiger partial charge on any atom is -0.494 e. The second-order valence-electron chi connectivity index (χ2n) is 10.1. The van der Waals surface area contributed by atoms with Crippen molar-refractivity contribution in [1.29, 1.82) is 0 Å². The number of aryl methyl sites for hydroxylation is 2. The molecule has 0 spiro atoms. The summed E-state index contributed by atoms with van der Waals surface area (Å²) in [6, 6.07) is 19.8. The second-order valence-corrected chi connectivity index (χ2v) is 12.4. The fourth-order valence-electron chi connectivity index (χ4n) is 4.87. The molecule has 0 unspecified atom stereocenters. The molecule has 38 heavy (non-hydrogen) atoms. The van der Waals surface area contributed by atoms with Gasteiger partial charge in [0.25, 0.3) is 0 Å². The normalized spacial score (nSPS) is 14.5. The molecule has 0 saturated carbocycles. The van der Waals surface area contributed by atoms with Crippen LogP contribution in [0.25, 0.3) is 11.1 Å². The van der Waals surface area contributed by atoms with Gasteiger partial charge in [0.15, 0.2) is 0 Å². The molecule has 1 heterocycles. The molecule has 1 aliphatic heterocycles. The zero-order chi connectivity index (χ0) is 27.3. The smallest absolute Gasteiger partial charge is 0.304 e. The monoisotopic (exact) mass is 538 g/mol. The standard InChI is InChI=1S/C30H34O7S/c1-21-14-27(36-12-5-13-38(3,33)34)15-22(2)29(21)24-7-4-6-23(16-24)18-37-26-10-8-25(9-11-26)30(17-28(31)32)19-35-20-30/h4,6-11,14-16H,5,12-13,17-20H2,1-3H3,(H,31,32). The molecule has 0 aliphatic carbocycles. The SMILES string of the molecule is Cc1cc(OCCCS(C)(=O)=O)cc(C)c1-c1cccc(COc2ccc(C3(CC(=O)O)COC3)cc2)c1. The van der Waals surface area contributed by atoms with E-state index in [9.17, 15) is 18.3 Å². The van der Waals surface area contributed by atoms with Crippen LogP contribution in [0.1, 0.15) is 35.1 Å². The molecule has 1 N–H and O–H groups in total. The van der Waals surface area contributed by atoms with Gasteiger partial charge in [-0.2, -0.15) is 0 Å². The predicted octanol–water partition coefficient (Wildman–Crippen LogP) is 5.11. The molecule has 0 bridgehead atoms. The Morgan fingerprint density at radius 1 is 0.974 bits per heavy atom. The van der Waals surface area contributed by atoms with E-state index in [1.165, 1.54) is 6.26 Å². The van der Waals surface area contributed by atoms with Gasteiger partial charge in [-0.05, 0) is 84.0 Å². The lowest BCUT2D eigenvalue weighted by atomic mass is 9.76. The van der Waals surface area contributed by atoms with Crippen LogP contribution in [0.5, 0.6) is 11.5 Å². The Labute approximate surface area is 224 Å². The van der Waals surface area contributed by atoms with Gasteiger partial charge < -0.3 is 19.3 Å². The van der Waals surface area contributed by atoms with E-state index in [0.29, 0.717) is 32.8 Å². The summed E-state index contributed by atoms with van der Waals surface area (Å²) in [5.41, 5.74) is 5.90. The van der Waals surface area contributed by atoms with E-state index in [0.717, 1.165) is 44.9 Å². The maximum Gasteiger partial charge on any atom is 0.304 e. The lowest BCUT2D eigenvalue weighted by Gasteiger charge is -2.40. The third-order valence-electron chi connectivity index (χ3n) is 6.77. The minimum atomic E-state index is -2.99. The third kappa shape index (κ3) is 6.94. The Balaban J connectivity index is 1.40. The Morgan fingerprint density at radius 3 is 2.24 bits per heavy atom. The highest BCUT2D eigenvalue weighted by Gasteiger charge is 2.42.